The maximum atomic E-state index is 17.1. The lowest BCUT2D eigenvalue weighted by atomic mass is 9.51. The number of aryl methyl sites for hydroxylation is 1. The summed E-state index contributed by atoms with van der Waals surface area (Å²) in [7, 11) is 3.63. The molecule has 2 saturated heterocycles. The Balaban J connectivity index is 1.36. The van der Waals surface area contributed by atoms with E-state index in [-0.39, 0.29) is 24.2 Å². The number of aliphatic hydroxyl groups excluding tert-OH is 2. The number of hydrogen-bond donors (Lipinski definition) is 2. The van der Waals surface area contributed by atoms with Gasteiger partial charge in [-0.1, -0.05) is 31.2 Å². The highest BCUT2D eigenvalue weighted by atomic mass is 19.2. The third kappa shape index (κ3) is 2.92. The maximum Gasteiger partial charge on any atom is 0.171 e. The standard InChI is InChI=1S/C29H38F2N2O3/c1-18-19(6-5-15-32-18)7-8-20-9-10-22-25(20,2)11-12-26(30)17-28(31)24(35)23(34)21(33(3)4)16-27(28)13-14-29(22,26)36-27/h5-9,15,21-24,34-35H,10-14,16-17H2,1-4H3. The van der Waals surface area contributed by atoms with Gasteiger partial charge in [0.25, 0.3) is 0 Å². The molecule has 3 aliphatic carbocycles. The zero-order valence-corrected chi connectivity index (χ0v) is 21.7. The molecule has 2 spiro atoms. The predicted octanol–water partition coefficient (Wildman–Crippen LogP) is 4.31. The second-order valence-corrected chi connectivity index (χ2v) is 12.5. The molecular formula is C29H38F2N2O3. The molecule has 5 aliphatic rings. The van der Waals surface area contributed by atoms with Gasteiger partial charge in [0.15, 0.2) is 5.67 Å². The van der Waals surface area contributed by atoms with Gasteiger partial charge < -0.3 is 19.8 Å². The van der Waals surface area contributed by atoms with Crippen molar-refractivity contribution in [3.05, 3.63) is 47.3 Å². The van der Waals surface area contributed by atoms with Crippen LogP contribution in [0.5, 0.6) is 0 Å². The molecule has 1 aromatic rings. The zero-order chi connectivity index (χ0) is 25.7. The molecule has 9 unspecified atom stereocenters. The first-order valence-corrected chi connectivity index (χ1v) is 13.3. The van der Waals surface area contributed by atoms with Gasteiger partial charge in [-0.3, -0.25) is 4.98 Å². The van der Waals surface area contributed by atoms with Gasteiger partial charge in [-0.25, -0.2) is 8.78 Å². The van der Waals surface area contributed by atoms with Crippen LogP contribution in [-0.4, -0.2) is 75.0 Å². The third-order valence-corrected chi connectivity index (χ3v) is 10.8. The summed E-state index contributed by atoms with van der Waals surface area (Å²) in [6.45, 7) is 4.19. The van der Waals surface area contributed by atoms with E-state index in [1.54, 1.807) is 6.20 Å². The summed E-state index contributed by atoms with van der Waals surface area (Å²) in [6.07, 6.45) is 7.33. The lowest BCUT2D eigenvalue weighted by molar-refractivity contribution is -0.347. The lowest BCUT2D eigenvalue weighted by Crippen LogP contribution is -2.78. The first-order chi connectivity index (χ1) is 16.9. The fourth-order valence-corrected chi connectivity index (χ4v) is 8.67. The number of likely N-dealkylation sites (N-methyl/N-ethyl adjacent to an activating group) is 1. The number of halogens is 2. The van der Waals surface area contributed by atoms with Crippen molar-refractivity contribution >= 4 is 6.08 Å². The quantitative estimate of drug-likeness (QED) is 0.648. The SMILES string of the molecule is Cc1ncccc1C=CC1=CCC2C1(C)CCC1(F)CC3(F)C(O)C(O)C(N(C)C)CC34CCC21O4. The van der Waals surface area contributed by atoms with Gasteiger partial charge in [0.2, 0.25) is 0 Å². The molecule has 2 bridgehead atoms. The van der Waals surface area contributed by atoms with E-state index in [2.05, 4.69) is 30.1 Å². The van der Waals surface area contributed by atoms with Crippen molar-refractivity contribution in [3.8, 4) is 0 Å². The van der Waals surface area contributed by atoms with Crippen molar-refractivity contribution in [2.75, 3.05) is 14.1 Å². The minimum absolute atomic E-state index is 0.107. The van der Waals surface area contributed by atoms with Crippen LogP contribution in [0.4, 0.5) is 8.78 Å². The van der Waals surface area contributed by atoms with Crippen molar-refractivity contribution in [1.82, 2.24) is 9.88 Å². The topological polar surface area (TPSA) is 65.8 Å². The normalized spacial score (nSPS) is 49.6. The Hall–Kier alpha value is -1.67. The average molecular weight is 501 g/mol. The van der Waals surface area contributed by atoms with Gasteiger partial charge in [0, 0.05) is 30.3 Å². The number of nitrogens with zero attached hydrogens (tertiary/aromatic N) is 2. The largest absolute Gasteiger partial charge is 0.389 e. The number of pyridine rings is 1. The van der Waals surface area contributed by atoms with Crippen LogP contribution in [0.15, 0.2) is 36.1 Å². The molecular weight excluding hydrogens is 462 g/mol. The number of alkyl halides is 2. The first-order valence-electron chi connectivity index (χ1n) is 13.3. The lowest BCUT2D eigenvalue weighted by Gasteiger charge is -2.65. The molecule has 3 heterocycles. The Labute approximate surface area is 212 Å². The molecule has 6 rings (SSSR count). The average Bonchev–Trinajstić information content (AvgIpc) is 3.36. The van der Waals surface area contributed by atoms with Gasteiger partial charge in [-0.05, 0) is 82.2 Å². The van der Waals surface area contributed by atoms with Gasteiger partial charge in [0.1, 0.15) is 23.0 Å². The Morgan fingerprint density at radius 1 is 1.14 bits per heavy atom. The number of ether oxygens (including phenoxy) is 1. The van der Waals surface area contributed by atoms with E-state index in [4.69, 9.17) is 4.74 Å². The Kier molecular flexibility index (Phi) is 5.26. The molecule has 4 fully saturated rings. The summed E-state index contributed by atoms with van der Waals surface area (Å²) >= 11 is 0. The highest BCUT2D eigenvalue weighted by Gasteiger charge is 2.82. The van der Waals surface area contributed by atoms with Gasteiger partial charge in [-0.2, -0.15) is 0 Å². The number of fused-ring (bicyclic) bond motifs is 1. The smallest absolute Gasteiger partial charge is 0.171 e. The maximum absolute atomic E-state index is 17.1. The van der Waals surface area contributed by atoms with Crippen LogP contribution in [0.1, 0.15) is 63.1 Å². The molecule has 0 aromatic carbocycles. The second kappa shape index (κ2) is 7.68. The molecule has 5 nitrogen and oxygen atoms in total. The molecule has 0 amide bonds. The number of allylic oxidation sites excluding steroid dienone is 3. The van der Waals surface area contributed by atoms with Crippen molar-refractivity contribution in [2.24, 2.45) is 11.3 Å². The summed E-state index contributed by atoms with van der Waals surface area (Å²) < 4.78 is 40.7. The van der Waals surface area contributed by atoms with Gasteiger partial charge in [-0.15, -0.1) is 0 Å². The predicted molar refractivity (Wildman–Crippen MR) is 134 cm³/mol. The van der Waals surface area contributed by atoms with Crippen LogP contribution >= 0.6 is 0 Å². The summed E-state index contributed by atoms with van der Waals surface area (Å²) in [5.41, 5.74) is -3.67. The number of rotatable bonds is 3. The highest BCUT2D eigenvalue weighted by molar-refractivity contribution is 5.56. The van der Waals surface area contributed by atoms with Crippen molar-refractivity contribution in [1.29, 1.82) is 0 Å². The van der Waals surface area contributed by atoms with E-state index in [0.717, 1.165) is 11.3 Å². The van der Waals surface area contributed by atoms with Crippen LogP contribution in [-0.2, 0) is 4.74 Å². The zero-order valence-electron chi connectivity index (χ0n) is 21.7. The molecule has 2 saturated carbocycles. The van der Waals surface area contributed by atoms with Crippen LogP contribution in [0.25, 0.3) is 6.08 Å². The van der Waals surface area contributed by atoms with E-state index in [1.807, 2.05) is 38.1 Å². The van der Waals surface area contributed by atoms with E-state index in [1.165, 1.54) is 5.57 Å². The Morgan fingerprint density at radius 2 is 1.92 bits per heavy atom. The van der Waals surface area contributed by atoms with E-state index >= 15 is 8.78 Å². The van der Waals surface area contributed by atoms with Crippen molar-refractivity contribution in [3.63, 3.8) is 0 Å². The Morgan fingerprint density at radius 3 is 2.64 bits per heavy atom. The second-order valence-electron chi connectivity index (χ2n) is 12.5. The molecule has 9 atom stereocenters. The van der Waals surface area contributed by atoms with Crippen LogP contribution in [0.3, 0.4) is 0 Å². The summed E-state index contributed by atoms with van der Waals surface area (Å²) in [6, 6.07) is 3.50. The summed E-state index contributed by atoms with van der Waals surface area (Å²) in [5.74, 6) is -0.107. The first kappa shape index (κ1) is 24.7. The minimum atomic E-state index is -2.31. The molecule has 196 valence electrons. The Bertz CT molecular complexity index is 1140. The highest BCUT2D eigenvalue weighted by Crippen LogP contribution is 2.73. The minimum Gasteiger partial charge on any atom is -0.389 e. The van der Waals surface area contributed by atoms with Gasteiger partial charge >= 0.3 is 0 Å². The third-order valence-electron chi connectivity index (χ3n) is 10.8. The van der Waals surface area contributed by atoms with Crippen LogP contribution < -0.4 is 0 Å². The van der Waals surface area contributed by atoms with Crippen LogP contribution in [0.2, 0.25) is 0 Å². The number of aromatic nitrogens is 1. The fraction of sp³-hybridized carbons (Fsp3) is 0.690. The molecule has 1 aromatic heterocycles. The van der Waals surface area contributed by atoms with E-state index in [9.17, 15) is 10.2 Å². The summed E-state index contributed by atoms with van der Waals surface area (Å²) in [4.78, 5) is 6.19. The molecule has 36 heavy (non-hydrogen) atoms. The van der Waals surface area contributed by atoms with E-state index < -0.39 is 47.2 Å². The van der Waals surface area contributed by atoms with E-state index in [0.29, 0.717) is 25.7 Å². The monoisotopic (exact) mass is 500 g/mol. The van der Waals surface area contributed by atoms with Crippen molar-refractivity contribution < 1.29 is 23.7 Å². The van der Waals surface area contributed by atoms with Gasteiger partial charge in [0.05, 0.1) is 6.10 Å². The molecule has 2 aliphatic heterocycles. The molecule has 2 N–H and O–H groups in total. The summed E-state index contributed by atoms with van der Waals surface area (Å²) in [5, 5.41) is 21.8. The molecule has 7 heteroatoms. The number of hydrogen-bond acceptors (Lipinski definition) is 5. The van der Waals surface area contributed by atoms with Crippen molar-refractivity contribution in [2.45, 2.75) is 99.6 Å². The number of aliphatic hydroxyl groups is 2. The molecule has 0 radical (unpaired) electrons. The van der Waals surface area contributed by atoms with Crippen LogP contribution in [0, 0.1) is 18.3 Å². The fourth-order valence-electron chi connectivity index (χ4n) is 8.67.